The predicted octanol–water partition coefficient (Wildman–Crippen LogP) is 0.887. The molecule has 0 spiro atoms. The highest BCUT2D eigenvalue weighted by Gasteiger charge is 2.26. The minimum absolute atomic E-state index is 0.0453. The molecule has 3 nitrogen and oxygen atoms in total. The highest BCUT2D eigenvalue weighted by atomic mass is 16.3. The lowest BCUT2D eigenvalue weighted by molar-refractivity contribution is 0.141. The molecule has 14 heavy (non-hydrogen) atoms. The van der Waals surface area contributed by atoms with Crippen molar-refractivity contribution in [2.75, 3.05) is 18.0 Å². The van der Waals surface area contributed by atoms with Crippen LogP contribution in [0.25, 0.3) is 0 Å². The van der Waals surface area contributed by atoms with Crippen LogP contribution in [-0.4, -0.2) is 24.3 Å². The molecule has 0 aliphatic carbocycles. The van der Waals surface area contributed by atoms with Crippen molar-refractivity contribution < 1.29 is 5.11 Å². The van der Waals surface area contributed by atoms with Crippen molar-refractivity contribution in [1.82, 2.24) is 0 Å². The lowest BCUT2D eigenvalue weighted by Gasteiger charge is -2.39. The monoisotopic (exact) mass is 192 g/mol. The lowest BCUT2D eigenvalue weighted by atomic mass is 10.0. The molecular formula is C11H16N2O. The van der Waals surface area contributed by atoms with Crippen LogP contribution in [0.1, 0.15) is 18.5 Å². The minimum Gasteiger partial charge on any atom is -0.389 e. The first kappa shape index (κ1) is 9.49. The summed E-state index contributed by atoms with van der Waals surface area (Å²) >= 11 is 0. The molecule has 1 saturated heterocycles. The van der Waals surface area contributed by atoms with Crippen molar-refractivity contribution in [2.24, 2.45) is 5.73 Å². The Morgan fingerprint density at radius 1 is 1.43 bits per heavy atom. The number of aliphatic hydroxyl groups is 1. The Bertz CT molecular complexity index is 319. The number of rotatable bonds is 2. The van der Waals surface area contributed by atoms with E-state index in [1.807, 2.05) is 25.1 Å². The van der Waals surface area contributed by atoms with Crippen molar-refractivity contribution in [1.29, 1.82) is 0 Å². The van der Waals surface area contributed by atoms with E-state index in [0.29, 0.717) is 0 Å². The van der Waals surface area contributed by atoms with Crippen LogP contribution in [0.2, 0.25) is 0 Å². The molecule has 0 saturated carbocycles. The second kappa shape index (κ2) is 3.59. The Morgan fingerprint density at radius 3 is 2.64 bits per heavy atom. The van der Waals surface area contributed by atoms with Gasteiger partial charge in [0, 0.05) is 24.8 Å². The molecule has 3 heteroatoms. The van der Waals surface area contributed by atoms with Crippen LogP contribution in [0, 0.1) is 0 Å². The molecule has 0 aromatic heterocycles. The van der Waals surface area contributed by atoms with Crippen molar-refractivity contribution in [3.63, 3.8) is 0 Å². The van der Waals surface area contributed by atoms with Crippen LogP contribution in [0.3, 0.4) is 0 Å². The number of aliphatic hydroxyl groups excluding tert-OH is 1. The highest BCUT2D eigenvalue weighted by Crippen LogP contribution is 2.28. The number of nitrogens with zero attached hydrogens (tertiary/aromatic N) is 1. The van der Waals surface area contributed by atoms with Crippen LogP contribution in [0.4, 0.5) is 5.69 Å². The molecule has 76 valence electrons. The van der Waals surface area contributed by atoms with E-state index in [2.05, 4.69) is 11.0 Å². The van der Waals surface area contributed by atoms with Gasteiger partial charge in [0.15, 0.2) is 0 Å². The van der Waals surface area contributed by atoms with Gasteiger partial charge in [-0.1, -0.05) is 18.2 Å². The van der Waals surface area contributed by atoms with Crippen LogP contribution in [-0.2, 0) is 0 Å². The molecule has 0 amide bonds. The quantitative estimate of drug-likeness (QED) is 0.731. The summed E-state index contributed by atoms with van der Waals surface area (Å²) in [6, 6.07) is 8.16. The van der Waals surface area contributed by atoms with Gasteiger partial charge in [0.1, 0.15) is 0 Å². The number of nitrogens with two attached hydrogens (primary N) is 1. The zero-order valence-electron chi connectivity index (χ0n) is 8.35. The number of benzene rings is 1. The zero-order valence-corrected chi connectivity index (χ0v) is 8.35. The van der Waals surface area contributed by atoms with E-state index in [9.17, 15) is 5.11 Å². The molecule has 0 unspecified atom stereocenters. The molecule has 1 fully saturated rings. The van der Waals surface area contributed by atoms with Crippen molar-refractivity contribution in [2.45, 2.75) is 19.1 Å². The molecule has 1 aromatic carbocycles. The fraction of sp³-hybridized carbons (Fsp3) is 0.455. The topological polar surface area (TPSA) is 49.5 Å². The van der Waals surface area contributed by atoms with E-state index >= 15 is 0 Å². The van der Waals surface area contributed by atoms with Gasteiger partial charge < -0.3 is 15.7 Å². The summed E-state index contributed by atoms with van der Waals surface area (Å²) in [5.74, 6) is 0. The lowest BCUT2D eigenvalue weighted by Crippen LogP contribution is -2.51. The van der Waals surface area contributed by atoms with Crippen LogP contribution in [0.5, 0.6) is 0 Å². The first-order valence-corrected chi connectivity index (χ1v) is 4.96. The second-order valence-corrected chi connectivity index (χ2v) is 3.91. The van der Waals surface area contributed by atoms with Gasteiger partial charge in [-0.05, 0) is 18.6 Å². The Morgan fingerprint density at radius 2 is 2.07 bits per heavy atom. The van der Waals surface area contributed by atoms with Gasteiger partial charge in [-0.2, -0.15) is 0 Å². The summed E-state index contributed by atoms with van der Waals surface area (Å²) in [5.41, 5.74) is 8.19. The third-order valence-electron chi connectivity index (χ3n) is 2.63. The largest absolute Gasteiger partial charge is 0.389 e. The van der Waals surface area contributed by atoms with E-state index in [0.717, 1.165) is 24.3 Å². The van der Waals surface area contributed by atoms with Gasteiger partial charge in [-0.3, -0.25) is 0 Å². The van der Waals surface area contributed by atoms with Gasteiger partial charge in [0.2, 0.25) is 0 Å². The van der Waals surface area contributed by atoms with E-state index in [4.69, 9.17) is 5.73 Å². The summed E-state index contributed by atoms with van der Waals surface area (Å²) in [7, 11) is 0. The van der Waals surface area contributed by atoms with Crippen LogP contribution in [0.15, 0.2) is 24.3 Å². The summed E-state index contributed by atoms with van der Waals surface area (Å²) < 4.78 is 0. The van der Waals surface area contributed by atoms with Crippen LogP contribution < -0.4 is 10.6 Å². The summed E-state index contributed by atoms with van der Waals surface area (Å²) in [6.07, 6.45) is -0.170. The standard InChI is InChI=1S/C11H16N2O/c1-8(12)10-4-2-3-5-11(10)13-6-9(14)7-13/h2-5,8-9,14H,6-7,12H2,1H3/t8-/m1/s1. The minimum atomic E-state index is -0.170. The van der Waals surface area contributed by atoms with E-state index in [1.54, 1.807) is 0 Å². The number of hydrogen-bond acceptors (Lipinski definition) is 3. The molecule has 1 aliphatic rings. The number of β-amino-alcohol motifs (C(OH)–C–C–N with tert-alkyl or cyclic N) is 1. The Hall–Kier alpha value is -1.06. The van der Waals surface area contributed by atoms with Crippen molar-refractivity contribution in [3.8, 4) is 0 Å². The van der Waals surface area contributed by atoms with Gasteiger partial charge in [0.25, 0.3) is 0 Å². The molecule has 0 radical (unpaired) electrons. The summed E-state index contributed by atoms with van der Waals surface area (Å²) in [6.45, 7) is 3.43. The average Bonchev–Trinajstić information content (AvgIpc) is 2.13. The first-order valence-electron chi connectivity index (χ1n) is 4.96. The van der Waals surface area contributed by atoms with Gasteiger partial charge >= 0.3 is 0 Å². The molecular weight excluding hydrogens is 176 g/mol. The molecule has 2 rings (SSSR count). The Labute approximate surface area is 84.1 Å². The third-order valence-corrected chi connectivity index (χ3v) is 2.63. The SMILES string of the molecule is C[C@@H](N)c1ccccc1N1CC(O)C1. The molecule has 1 heterocycles. The van der Waals surface area contributed by atoms with Crippen molar-refractivity contribution in [3.05, 3.63) is 29.8 Å². The maximum Gasteiger partial charge on any atom is 0.0889 e. The summed E-state index contributed by atoms with van der Waals surface area (Å²) in [5, 5.41) is 9.24. The van der Waals surface area contributed by atoms with E-state index < -0.39 is 0 Å². The van der Waals surface area contributed by atoms with Gasteiger partial charge in [-0.15, -0.1) is 0 Å². The summed E-state index contributed by atoms with van der Waals surface area (Å²) in [4.78, 5) is 2.16. The highest BCUT2D eigenvalue weighted by molar-refractivity contribution is 5.56. The smallest absolute Gasteiger partial charge is 0.0889 e. The maximum atomic E-state index is 9.24. The maximum absolute atomic E-state index is 9.24. The average molecular weight is 192 g/mol. The predicted molar refractivity (Wildman–Crippen MR) is 57.3 cm³/mol. The normalized spacial score (nSPS) is 19.2. The molecule has 0 bridgehead atoms. The van der Waals surface area contributed by atoms with Crippen molar-refractivity contribution >= 4 is 5.69 Å². The van der Waals surface area contributed by atoms with Gasteiger partial charge in [-0.25, -0.2) is 0 Å². The van der Waals surface area contributed by atoms with Crippen LogP contribution >= 0.6 is 0 Å². The molecule has 1 atom stereocenters. The number of hydrogen-bond donors (Lipinski definition) is 2. The third kappa shape index (κ3) is 1.61. The zero-order chi connectivity index (χ0) is 10.1. The first-order chi connectivity index (χ1) is 6.68. The molecule has 3 N–H and O–H groups in total. The Kier molecular flexibility index (Phi) is 2.44. The van der Waals surface area contributed by atoms with Gasteiger partial charge in [0.05, 0.1) is 6.10 Å². The fourth-order valence-corrected chi connectivity index (χ4v) is 1.81. The fourth-order valence-electron chi connectivity index (χ4n) is 1.81. The Balaban J connectivity index is 2.24. The van der Waals surface area contributed by atoms with E-state index in [1.165, 1.54) is 0 Å². The molecule has 1 aliphatic heterocycles. The van der Waals surface area contributed by atoms with E-state index in [-0.39, 0.29) is 12.1 Å². The number of para-hydroxylation sites is 1. The number of anilines is 1. The molecule has 1 aromatic rings. The second-order valence-electron chi connectivity index (χ2n) is 3.91.